The second-order valence-corrected chi connectivity index (χ2v) is 7.53. The molecule has 1 amide bonds. The van der Waals surface area contributed by atoms with E-state index in [0.29, 0.717) is 5.56 Å². The first-order chi connectivity index (χ1) is 13.6. The summed E-state index contributed by atoms with van der Waals surface area (Å²) in [6, 6.07) is 10.0. The molecule has 28 heavy (non-hydrogen) atoms. The molecule has 1 fully saturated rings. The number of anilines is 4. The predicted octanol–water partition coefficient (Wildman–Crippen LogP) is 4.20. The number of benzene rings is 1. The minimum Gasteiger partial charge on any atom is -0.376 e. The summed E-state index contributed by atoms with van der Waals surface area (Å²) in [7, 11) is 3.80. The molecule has 2 atom stereocenters. The number of nitrogens with zero attached hydrogens (tertiary/aromatic N) is 3. The van der Waals surface area contributed by atoms with Gasteiger partial charge in [0.2, 0.25) is 0 Å². The highest BCUT2D eigenvalue weighted by molar-refractivity contribution is 6.13. The van der Waals surface area contributed by atoms with Gasteiger partial charge >= 0.3 is 0 Å². The molecule has 2 unspecified atom stereocenters. The molecular formula is C22H28N4O2. The van der Waals surface area contributed by atoms with Gasteiger partial charge in [0.25, 0.3) is 5.91 Å². The van der Waals surface area contributed by atoms with E-state index >= 15 is 0 Å². The number of pyridine rings is 1. The van der Waals surface area contributed by atoms with E-state index in [0.717, 1.165) is 42.3 Å². The Hall–Kier alpha value is -2.60. The quantitative estimate of drug-likeness (QED) is 0.861. The van der Waals surface area contributed by atoms with Crippen LogP contribution in [0, 0.1) is 0 Å². The number of carbonyl (C=O) groups is 1. The molecule has 2 aliphatic rings. The fourth-order valence-electron chi connectivity index (χ4n) is 4.28. The first-order valence-corrected chi connectivity index (χ1v) is 10.1. The third kappa shape index (κ3) is 3.33. The van der Waals surface area contributed by atoms with Crippen LogP contribution in [-0.2, 0) is 4.74 Å². The largest absolute Gasteiger partial charge is 0.376 e. The molecule has 1 aromatic heterocycles. The number of amides is 1. The number of fused-ring (bicyclic) bond motifs is 2. The molecule has 1 aliphatic heterocycles. The van der Waals surface area contributed by atoms with Crippen molar-refractivity contribution in [1.29, 1.82) is 0 Å². The van der Waals surface area contributed by atoms with Crippen molar-refractivity contribution in [1.82, 2.24) is 4.98 Å². The molecule has 1 N–H and O–H groups in total. The van der Waals surface area contributed by atoms with Crippen LogP contribution in [0.5, 0.6) is 0 Å². The van der Waals surface area contributed by atoms with Gasteiger partial charge in [0.1, 0.15) is 5.82 Å². The predicted molar refractivity (Wildman–Crippen MR) is 113 cm³/mol. The van der Waals surface area contributed by atoms with E-state index in [1.54, 1.807) is 18.1 Å². The van der Waals surface area contributed by atoms with Crippen molar-refractivity contribution in [2.75, 3.05) is 35.8 Å². The van der Waals surface area contributed by atoms with Gasteiger partial charge in [0, 0.05) is 26.8 Å². The van der Waals surface area contributed by atoms with E-state index in [1.165, 1.54) is 12.8 Å². The third-order valence-corrected chi connectivity index (χ3v) is 5.80. The van der Waals surface area contributed by atoms with Crippen molar-refractivity contribution >= 4 is 28.8 Å². The van der Waals surface area contributed by atoms with Crippen LogP contribution in [0.15, 0.2) is 36.5 Å². The van der Waals surface area contributed by atoms with Gasteiger partial charge in [-0.05, 0) is 31.9 Å². The maximum Gasteiger partial charge on any atom is 0.260 e. The molecule has 6 heteroatoms. The highest BCUT2D eigenvalue weighted by Crippen LogP contribution is 2.40. The Balaban J connectivity index is 1.67. The molecule has 1 aliphatic carbocycles. The van der Waals surface area contributed by atoms with Crippen molar-refractivity contribution in [3.05, 3.63) is 42.1 Å². The van der Waals surface area contributed by atoms with Gasteiger partial charge in [-0.3, -0.25) is 4.79 Å². The van der Waals surface area contributed by atoms with Crippen LogP contribution >= 0.6 is 0 Å². The minimum absolute atomic E-state index is 0.0209. The number of rotatable bonds is 4. The van der Waals surface area contributed by atoms with E-state index in [1.807, 2.05) is 44.3 Å². The Morgan fingerprint density at radius 3 is 2.71 bits per heavy atom. The number of aromatic nitrogens is 1. The van der Waals surface area contributed by atoms with Crippen LogP contribution in [0.3, 0.4) is 0 Å². The fraction of sp³-hybridized carbons (Fsp3) is 0.455. The maximum absolute atomic E-state index is 12.9. The molecule has 2 aromatic rings. The van der Waals surface area contributed by atoms with Crippen molar-refractivity contribution < 1.29 is 9.53 Å². The second kappa shape index (κ2) is 7.80. The van der Waals surface area contributed by atoms with Crippen molar-refractivity contribution in [2.24, 2.45) is 0 Å². The third-order valence-electron chi connectivity index (χ3n) is 5.80. The SMILES string of the molecule is CCOC1CCCCC1Nc1cc2c(cn1)N(C)C(=O)c1ccccc1N2C. The molecule has 6 nitrogen and oxygen atoms in total. The summed E-state index contributed by atoms with van der Waals surface area (Å²) < 4.78 is 5.95. The molecule has 148 valence electrons. The summed E-state index contributed by atoms with van der Waals surface area (Å²) in [4.78, 5) is 21.3. The lowest BCUT2D eigenvalue weighted by atomic mass is 9.92. The summed E-state index contributed by atoms with van der Waals surface area (Å²) in [6.07, 6.45) is 6.60. The Labute approximate surface area is 166 Å². The number of hydrogen-bond acceptors (Lipinski definition) is 5. The van der Waals surface area contributed by atoms with Crippen LogP contribution in [0.2, 0.25) is 0 Å². The zero-order valence-electron chi connectivity index (χ0n) is 16.8. The summed E-state index contributed by atoms with van der Waals surface area (Å²) in [5.41, 5.74) is 3.36. The fourth-order valence-corrected chi connectivity index (χ4v) is 4.28. The number of hydrogen-bond donors (Lipinski definition) is 1. The lowest BCUT2D eigenvalue weighted by Gasteiger charge is -2.32. The van der Waals surface area contributed by atoms with Crippen LogP contribution < -0.4 is 15.1 Å². The van der Waals surface area contributed by atoms with Gasteiger partial charge in [-0.25, -0.2) is 4.98 Å². The standard InChI is InChI=1S/C22H28N4O2/c1-4-28-20-12-8-6-10-16(20)24-21-13-18-19(14-23-21)26(3)22(27)15-9-5-7-11-17(15)25(18)2/h5,7,9,11,13-14,16,20H,4,6,8,10,12H2,1-3H3,(H,23,24). The summed E-state index contributed by atoms with van der Waals surface area (Å²) in [6.45, 7) is 2.78. The molecule has 0 bridgehead atoms. The number of ether oxygens (including phenoxy) is 1. The molecule has 0 spiro atoms. The lowest BCUT2D eigenvalue weighted by molar-refractivity contribution is 0.0280. The Kier molecular flexibility index (Phi) is 5.22. The average molecular weight is 380 g/mol. The van der Waals surface area contributed by atoms with E-state index in [9.17, 15) is 4.79 Å². The zero-order chi connectivity index (χ0) is 19.7. The van der Waals surface area contributed by atoms with Gasteiger partial charge in [-0.2, -0.15) is 0 Å². The van der Waals surface area contributed by atoms with Gasteiger partial charge in [-0.1, -0.05) is 25.0 Å². The van der Waals surface area contributed by atoms with Gasteiger partial charge in [0.15, 0.2) is 0 Å². The van der Waals surface area contributed by atoms with Crippen LogP contribution in [0.25, 0.3) is 0 Å². The van der Waals surface area contributed by atoms with E-state index < -0.39 is 0 Å². The van der Waals surface area contributed by atoms with E-state index in [-0.39, 0.29) is 18.1 Å². The molecule has 2 heterocycles. The lowest BCUT2D eigenvalue weighted by Crippen LogP contribution is -2.38. The normalized spacial score (nSPS) is 21.8. The molecule has 0 radical (unpaired) electrons. The first-order valence-electron chi connectivity index (χ1n) is 10.1. The minimum atomic E-state index is -0.0209. The first kappa shape index (κ1) is 18.7. The summed E-state index contributed by atoms with van der Waals surface area (Å²) in [5, 5.41) is 3.59. The Morgan fingerprint density at radius 2 is 1.89 bits per heavy atom. The van der Waals surface area contributed by atoms with Crippen molar-refractivity contribution in [2.45, 2.75) is 44.8 Å². The number of carbonyl (C=O) groups excluding carboxylic acids is 1. The van der Waals surface area contributed by atoms with Crippen molar-refractivity contribution in [3.63, 3.8) is 0 Å². The highest BCUT2D eigenvalue weighted by atomic mass is 16.5. The monoisotopic (exact) mass is 380 g/mol. The van der Waals surface area contributed by atoms with Crippen LogP contribution in [-0.4, -0.2) is 43.7 Å². The second-order valence-electron chi connectivity index (χ2n) is 7.53. The van der Waals surface area contributed by atoms with E-state index in [4.69, 9.17) is 4.74 Å². The molecular weight excluding hydrogens is 352 g/mol. The Bertz CT molecular complexity index is 867. The summed E-state index contributed by atoms with van der Waals surface area (Å²) in [5.74, 6) is 0.801. The molecule has 0 saturated heterocycles. The molecule has 1 saturated carbocycles. The number of nitrogens with one attached hydrogen (secondary N) is 1. The van der Waals surface area contributed by atoms with Gasteiger partial charge < -0.3 is 19.9 Å². The summed E-state index contributed by atoms with van der Waals surface area (Å²) >= 11 is 0. The van der Waals surface area contributed by atoms with Gasteiger partial charge in [0.05, 0.1) is 41.0 Å². The van der Waals surface area contributed by atoms with Gasteiger partial charge in [-0.15, -0.1) is 0 Å². The van der Waals surface area contributed by atoms with E-state index in [2.05, 4.69) is 15.2 Å². The molecule has 1 aromatic carbocycles. The maximum atomic E-state index is 12.9. The number of para-hydroxylation sites is 1. The zero-order valence-corrected chi connectivity index (χ0v) is 16.8. The molecule has 4 rings (SSSR count). The smallest absolute Gasteiger partial charge is 0.260 e. The topological polar surface area (TPSA) is 57.7 Å². The highest BCUT2D eigenvalue weighted by Gasteiger charge is 2.29. The van der Waals surface area contributed by atoms with Crippen LogP contribution in [0.4, 0.5) is 22.9 Å². The van der Waals surface area contributed by atoms with Crippen LogP contribution in [0.1, 0.15) is 43.0 Å². The average Bonchev–Trinajstić information content (AvgIpc) is 2.80. The van der Waals surface area contributed by atoms with Crippen molar-refractivity contribution in [3.8, 4) is 0 Å². The Morgan fingerprint density at radius 1 is 1.11 bits per heavy atom.